The van der Waals surface area contributed by atoms with E-state index in [1.165, 1.54) is 0 Å². The van der Waals surface area contributed by atoms with E-state index in [-0.39, 0.29) is 30.4 Å². The predicted octanol–water partition coefficient (Wildman–Crippen LogP) is 4.39. The van der Waals surface area contributed by atoms with Crippen LogP contribution in [0.4, 0.5) is 0 Å². The second-order valence-electron chi connectivity index (χ2n) is 11.8. The largest absolute Gasteiger partial charge is 0.487 e. The van der Waals surface area contributed by atoms with E-state index < -0.39 is 23.8 Å². The summed E-state index contributed by atoms with van der Waals surface area (Å²) in [6.45, 7) is 7.78. The molecule has 3 heterocycles. The number of carbonyl (C=O) groups excluding carboxylic acids is 2. The number of amides is 2. The lowest BCUT2D eigenvalue weighted by atomic mass is 9.77. The molecule has 40 heavy (non-hydrogen) atoms. The number of fused-ring (bicyclic) bond motifs is 1. The Hall–Kier alpha value is -2.95. The molecule has 0 spiro atoms. The predicted molar refractivity (Wildman–Crippen MR) is 150 cm³/mol. The van der Waals surface area contributed by atoms with Crippen molar-refractivity contribution >= 4 is 33.7 Å². The number of likely N-dealkylation sites (tertiary alicyclic amines) is 1. The third-order valence-electron chi connectivity index (χ3n) is 8.52. The maximum atomic E-state index is 14.1. The van der Waals surface area contributed by atoms with Gasteiger partial charge in [0.05, 0.1) is 24.1 Å². The van der Waals surface area contributed by atoms with Crippen molar-refractivity contribution in [2.24, 2.45) is 17.8 Å². The van der Waals surface area contributed by atoms with Crippen LogP contribution in [0.1, 0.15) is 81.8 Å². The molecule has 11 heteroatoms. The maximum Gasteiger partial charge on any atom is 0.307 e. The molecule has 216 valence electrons. The molecule has 3 aliphatic rings. The van der Waals surface area contributed by atoms with Gasteiger partial charge in [0.1, 0.15) is 18.1 Å². The van der Waals surface area contributed by atoms with Crippen molar-refractivity contribution in [3.63, 3.8) is 0 Å². The number of aromatic nitrogens is 3. The minimum Gasteiger partial charge on any atom is -0.487 e. The highest BCUT2D eigenvalue weighted by molar-refractivity contribution is 9.10. The Bertz CT molecular complexity index is 1280. The summed E-state index contributed by atoms with van der Waals surface area (Å²) in [5.41, 5.74) is 2.62. The second-order valence-corrected chi connectivity index (χ2v) is 12.6. The molecule has 2 unspecified atom stereocenters. The number of halogens is 1. The number of carbonyl (C=O) groups is 3. The number of hydrogen-bond acceptors (Lipinski definition) is 6. The van der Waals surface area contributed by atoms with Gasteiger partial charge in [0, 0.05) is 42.1 Å². The van der Waals surface area contributed by atoms with Crippen molar-refractivity contribution in [1.29, 1.82) is 0 Å². The Kier molecular flexibility index (Phi) is 8.49. The van der Waals surface area contributed by atoms with Gasteiger partial charge in [-0.15, -0.1) is 5.10 Å². The number of rotatable bonds is 8. The van der Waals surface area contributed by atoms with Crippen molar-refractivity contribution in [2.45, 2.75) is 78.0 Å². The molecule has 2 aromatic rings. The fourth-order valence-electron chi connectivity index (χ4n) is 6.43. The molecule has 2 aliphatic heterocycles. The highest BCUT2D eigenvalue weighted by atomic mass is 79.9. The van der Waals surface area contributed by atoms with E-state index in [9.17, 15) is 19.5 Å². The Morgan fingerprint density at radius 3 is 2.60 bits per heavy atom. The van der Waals surface area contributed by atoms with Crippen LogP contribution >= 0.6 is 15.9 Å². The molecule has 0 bridgehead atoms. The normalized spacial score (nSPS) is 24.9. The van der Waals surface area contributed by atoms with Crippen LogP contribution in [-0.2, 0) is 27.4 Å². The van der Waals surface area contributed by atoms with Gasteiger partial charge in [-0.1, -0.05) is 40.9 Å². The van der Waals surface area contributed by atoms with Crippen molar-refractivity contribution in [2.75, 3.05) is 19.6 Å². The van der Waals surface area contributed by atoms with E-state index in [0.717, 1.165) is 28.4 Å². The summed E-state index contributed by atoms with van der Waals surface area (Å²) in [5, 5.41) is 18.3. The van der Waals surface area contributed by atoms with E-state index in [1.807, 2.05) is 42.0 Å². The first-order chi connectivity index (χ1) is 19.1. The summed E-state index contributed by atoms with van der Waals surface area (Å²) in [6, 6.07) is 3.59. The number of carboxylic acids is 1. The zero-order chi connectivity index (χ0) is 28.6. The van der Waals surface area contributed by atoms with E-state index >= 15 is 0 Å². The maximum absolute atomic E-state index is 14.1. The third-order valence-corrected chi connectivity index (χ3v) is 9.26. The van der Waals surface area contributed by atoms with Gasteiger partial charge in [0.15, 0.2) is 0 Å². The number of carboxylic acid groups (broad SMARTS) is 1. The molecule has 2 amide bonds. The second kappa shape index (κ2) is 11.9. The minimum atomic E-state index is -0.906. The lowest BCUT2D eigenvalue weighted by Gasteiger charge is -2.43. The summed E-state index contributed by atoms with van der Waals surface area (Å²) in [7, 11) is 0. The highest BCUT2D eigenvalue weighted by Crippen LogP contribution is 2.43. The molecule has 1 N–H and O–H groups in total. The Labute approximate surface area is 243 Å². The fourth-order valence-corrected chi connectivity index (χ4v) is 6.98. The molecular formula is C29H38BrN5O5. The van der Waals surface area contributed by atoms with Crippen LogP contribution in [0.3, 0.4) is 0 Å². The summed E-state index contributed by atoms with van der Waals surface area (Å²) in [4.78, 5) is 42.8. The summed E-state index contributed by atoms with van der Waals surface area (Å²) >= 11 is 3.71. The average molecular weight is 617 g/mol. The van der Waals surface area contributed by atoms with Gasteiger partial charge in [0.2, 0.25) is 11.8 Å². The molecule has 1 saturated carbocycles. The molecular weight excluding hydrogens is 578 g/mol. The van der Waals surface area contributed by atoms with Gasteiger partial charge in [-0.2, -0.15) is 0 Å². The van der Waals surface area contributed by atoms with Crippen LogP contribution in [0.5, 0.6) is 5.75 Å². The monoisotopic (exact) mass is 615 g/mol. The van der Waals surface area contributed by atoms with E-state index in [0.29, 0.717) is 56.8 Å². The van der Waals surface area contributed by atoms with Crippen molar-refractivity contribution in [1.82, 2.24) is 24.8 Å². The molecule has 10 nitrogen and oxygen atoms in total. The zero-order valence-electron chi connectivity index (χ0n) is 23.4. The molecule has 4 atom stereocenters. The van der Waals surface area contributed by atoms with Crippen LogP contribution in [0.2, 0.25) is 0 Å². The first kappa shape index (κ1) is 28.6. The molecule has 1 aromatic carbocycles. The SMILES string of the molecule is CC(C)n1cc(COc2ccc(Br)c3c2[C@@H](CN2C[C@@H](C)CC2=O)N(C(=O)C2CCCCC2C(=O)O)CC3)nn1. The number of ether oxygens (including phenoxy) is 1. The van der Waals surface area contributed by atoms with Crippen LogP contribution in [0, 0.1) is 17.8 Å². The van der Waals surface area contributed by atoms with E-state index in [1.54, 1.807) is 4.68 Å². The minimum absolute atomic E-state index is 0.0795. The molecule has 1 aromatic heterocycles. The topological polar surface area (TPSA) is 118 Å². The smallest absolute Gasteiger partial charge is 0.307 e. The van der Waals surface area contributed by atoms with E-state index in [2.05, 4.69) is 33.2 Å². The van der Waals surface area contributed by atoms with Gasteiger partial charge in [0.25, 0.3) is 0 Å². The van der Waals surface area contributed by atoms with Crippen LogP contribution < -0.4 is 4.74 Å². The summed E-state index contributed by atoms with van der Waals surface area (Å²) in [5.74, 6) is -1.32. The summed E-state index contributed by atoms with van der Waals surface area (Å²) < 4.78 is 9.05. The standard InChI is InChI=1S/C29H38BrN5O5/c1-17(2)35-14-19(31-32-35)16-40-25-9-8-23(30)22-10-11-34(28(37)20-6-4-5-7-21(20)29(38)39)24(27(22)25)15-33-13-18(3)12-26(33)36/h8-9,14,17-18,20-21,24H,4-7,10-13,15-16H2,1-3H3,(H,38,39)/t18-,20?,21?,24+/m0/s1. The van der Waals surface area contributed by atoms with Crippen LogP contribution in [-0.4, -0.2) is 67.3 Å². The van der Waals surface area contributed by atoms with Crippen LogP contribution in [0.25, 0.3) is 0 Å². The number of aliphatic carboxylic acids is 1. The molecule has 0 radical (unpaired) electrons. The number of hydrogen-bond donors (Lipinski definition) is 1. The average Bonchev–Trinajstić information content (AvgIpc) is 3.53. The van der Waals surface area contributed by atoms with Gasteiger partial charge in [-0.05, 0) is 56.7 Å². The molecule has 1 aliphatic carbocycles. The van der Waals surface area contributed by atoms with E-state index in [4.69, 9.17) is 4.74 Å². The van der Waals surface area contributed by atoms with Crippen molar-refractivity contribution in [3.05, 3.63) is 39.6 Å². The Morgan fingerprint density at radius 2 is 1.95 bits per heavy atom. The quantitative estimate of drug-likeness (QED) is 0.468. The Balaban J connectivity index is 1.50. The first-order valence-electron chi connectivity index (χ1n) is 14.3. The Morgan fingerprint density at radius 1 is 1.20 bits per heavy atom. The lowest BCUT2D eigenvalue weighted by molar-refractivity contribution is -0.154. The zero-order valence-corrected chi connectivity index (χ0v) is 25.0. The molecule has 5 rings (SSSR count). The van der Waals surface area contributed by atoms with Crippen molar-refractivity contribution < 1.29 is 24.2 Å². The first-order valence-corrected chi connectivity index (χ1v) is 15.1. The summed E-state index contributed by atoms with van der Waals surface area (Å²) in [6.07, 6.45) is 5.70. The van der Waals surface area contributed by atoms with Gasteiger partial charge in [-0.3, -0.25) is 14.4 Å². The highest BCUT2D eigenvalue weighted by Gasteiger charge is 2.43. The molecule has 2 fully saturated rings. The van der Waals surface area contributed by atoms with Gasteiger partial charge < -0.3 is 19.6 Å². The van der Waals surface area contributed by atoms with Crippen LogP contribution in [0.15, 0.2) is 22.8 Å². The lowest BCUT2D eigenvalue weighted by Crippen LogP contribution is -2.50. The third kappa shape index (κ3) is 5.75. The van der Waals surface area contributed by atoms with Gasteiger partial charge in [-0.25, -0.2) is 4.68 Å². The number of benzene rings is 1. The molecule has 1 saturated heterocycles. The number of nitrogens with zero attached hydrogens (tertiary/aromatic N) is 5. The fraction of sp³-hybridized carbons (Fsp3) is 0.621. The van der Waals surface area contributed by atoms with Gasteiger partial charge >= 0.3 is 5.97 Å². The van der Waals surface area contributed by atoms with Crippen molar-refractivity contribution in [3.8, 4) is 5.75 Å².